The fourth-order valence-corrected chi connectivity index (χ4v) is 5.36. The summed E-state index contributed by atoms with van der Waals surface area (Å²) in [6.45, 7) is -0.0296. The van der Waals surface area contributed by atoms with Crippen LogP contribution in [-0.2, 0) is 17.8 Å². The molecule has 4 aromatic rings. The number of nitrogens with zero attached hydrogens (tertiary/aromatic N) is 1. The lowest BCUT2D eigenvalue weighted by molar-refractivity contribution is 0.100. The highest BCUT2D eigenvalue weighted by atomic mass is 35.5. The summed E-state index contributed by atoms with van der Waals surface area (Å²) in [5, 5.41) is 20.0. The Balaban J connectivity index is 1.62. The molecule has 0 saturated heterocycles. The van der Waals surface area contributed by atoms with Crippen molar-refractivity contribution in [2.75, 3.05) is 4.31 Å². The van der Waals surface area contributed by atoms with Gasteiger partial charge in [-0.15, -0.1) is 0 Å². The number of halogens is 2. The normalized spacial score (nSPS) is 14.1. The molecule has 0 radical (unpaired) electrons. The van der Waals surface area contributed by atoms with Gasteiger partial charge in [0, 0.05) is 37.7 Å². The zero-order chi connectivity index (χ0) is 26.4. The SMILES string of the molecule is NC(=O)c1c(-c2ccc(Cl)cc2)oc2cc(CN(c3ccc(B(O)O)c(Cl)c3)S(=O)[O-])c(C3CC3)cc12. The van der Waals surface area contributed by atoms with Gasteiger partial charge in [0.15, 0.2) is 0 Å². The smallest absolute Gasteiger partial charge is 0.489 e. The fourth-order valence-electron chi connectivity index (χ4n) is 4.43. The van der Waals surface area contributed by atoms with Crippen LogP contribution in [0.15, 0.2) is 59.0 Å². The van der Waals surface area contributed by atoms with Gasteiger partial charge in [0.05, 0.1) is 17.8 Å². The minimum Gasteiger partial charge on any atom is -0.755 e. The Morgan fingerprint density at radius 1 is 1.14 bits per heavy atom. The molecule has 37 heavy (non-hydrogen) atoms. The Kier molecular flexibility index (Phi) is 7.06. The van der Waals surface area contributed by atoms with E-state index >= 15 is 0 Å². The third-order valence-corrected chi connectivity index (χ3v) is 7.64. The molecule has 0 aliphatic heterocycles. The standard InChI is InChI=1S/C25H21BCl2N2O6S/c27-16-5-3-14(4-6-16)24-23(25(29)31)19-11-18(13-1-2-13)15(9-22(19)36-24)12-30(37(34)35)17-7-8-20(26(32)33)21(28)10-17/h3-11,13,32-33H,1-2,12H2,(H2,29,31)(H,34,35)/p-1. The second kappa shape index (κ2) is 10.1. The van der Waals surface area contributed by atoms with Gasteiger partial charge in [0.25, 0.3) is 5.91 Å². The first-order valence-electron chi connectivity index (χ1n) is 11.3. The zero-order valence-corrected chi connectivity index (χ0v) is 21.5. The maximum atomic E-state index is 12.5. The predicted molar refractivity (Wildman–Crippen MR) is 144 cm³/mol. The third kappa shape index (κ3) is 5.13. The number of hydrogen-bond donors (Lipinski definition) is 3. The van der Waals surface area contributed by atoms with Crippen molar-refractivity contribution in [3.63, 3.8) is 0 Å². The van der Waals surface area contributed by atoms with Gasteiger partial charge in [0.1, 0.15) is 11.3 Å². The molecule has 1 saturated carbocycles. The Morgan fingerprint density at radius 2 is 1.84 bits per heavy atom. The van der Waals surface area contributed by atoms with Gasteiger partial charge in [-0.25, -0.2) is 0 Å². The summed E-state index contributed by atoms with van der Waals surface area (Å²) in [5.41, 5.74) is 8.95. The van der Waals surface area contributed by atoms with Gasteiger partial charge in [-0.3, -0.25) is 13.3 Å². The fraction of sp³-hybridized carbons (Fsp3) is 0.160. The zero-order valence-electron chi connectivity index (χ0n) is 19.2. The number of fused-ring (bicyclic) bond motifs is 1. The van der Waals surface area contributed by atoms with Gasteiger partial charge in [-0.2, -0.15) is 0 Å². The van der Waals surface area contributed by atoms with E-state index in [4.69, 9.17) is 33.4 Å². The molecule has 190 valence electrons. The van der Waals surface area contributed by atoms with E-state index in [1.54, 1.807) is 30.3 Å². The van der Waals surface area contributed by atoms with Gasteiger partial charge in [0.2, 0.25) is 0 Å². The van der Waals surface area contributed by atoms with E-state index in [9.17, 15) is 23.6 Å². The van der Waals surface area contributed by atoms with Crippen LogP contribution in [0.4, 0.5) is 5.69 Å². The monoisotopic (exact) mass is 557 g/mol. The van der Waals surface area contributed by atoms with E-state index in [-0.39, 0.29) is 34.2 Å². The number of benzene rings is 3. The topological polar surface area (TPSA) is 140 Å². The average molecular weight is 558 g/mol. The Labute approximate surface area is 225 Å². The molecule has 3 aromatic carbocycles. The number of furan rings is 1. The Hall–Kier alpha value is -2.86. The number of hydrogen-bond acceptors (Lipinski definition) is 6. The van der Waals surface area contributed by atoms with E-state index in [0.29, 0.717) is 32.9 Å². The van der Waals surface area contributed by atoms with E-state index < -0.39 is 24.3 Å². The average Bonchev–Trinajstić information content (AvgIpc) is 3.62. The molecule has 1 unspecified atom stereocenters. The van der Waals surface area contributed by atoms with Gasteiger partial charge in [-0.05, 0) is 78.4 Å². The van der Waals surface area contributed by atoms with Crippen molar-refractivity contribution in [3.8, 4) is 11.3 Å². The highest BCUT2D eigenvalue weighted by molar-refractivity contribution is 7.80. The summed E-state index contributed by atoms with van der Waals surface area (Å²) in [6, 6.07) is 14.6. The van der Waals surface area contributed by atoms with Gasteiger partial charge >= 0.3 is 7.12 Å². The molecule has 1 aliphatic rings. The van der Waals surface area contributed by atoms with Crippen LogP contribution in [0, 0.1) is 0 Å². The van der Waals surface area contributed by atoms with Crippen LogP contribution >= 0.6 is 23.2 Å². The predicted octanol–water partition coefficient (Wildman–Crippen LogP) is 3.86. The molecule has 1 atom stereocenters. The van der Waals surface area contributed by atoms with Crippen molar-refractivity contribution in [1.82, 2.24) is 0 Å². The summed E-state index contributed by atoms with van der Waals surface area (Å²) in [7, 11) is -1.79. The maximum Gasteiger partial charge on any atom is 0.489 e. The molecule has 1 aliphatic carbocycles. The molecule has 8 nitrogen and oxygen atoms in total. The minimum atomic E-state index is -2.67. The maximum absolute atomic E-state index is 12.5. The van der Waals surface area contributed by atoms with Crippen LogP contribution in [0.2, 0.25) is 10.0 Å². The lowest BCUT2D eigenvalue weighted by atomic mass is 9.80. The minimum absolute atomic E-state index is 0.0190. The molecular formula is C25H20BCl2N2O6S-. The second-order valence-corrected chi connectivity index (χ2v) is 10.6. The molecule has 5 rings (SSSR count). The van der Waals surface area contributed by atoms with Gasteiger partial charge in [-0.1, -0.05) is 29.3 Å². The Morgan fingerprint density at radius 3 is 2.41 bits per heavy atom. The second-order valence-electron chi connectivity index (χ2n) is 8.83. The molecule has 12 heteroatoms. The lowest BCUT2D eigenvalue weighted by Gasteiger charge is -2.28. The highest BCUT2D eigenvalue weighted by Crippen LogP contribution is 2.45. The van der Waals surface area contributed by atoms with Crippen molar-refractivity contribution in [2.45, 2.75) is 25.3 Å². The summed E-state index contributed by atoms with van der Waals surface area (Å²) in [4.78, 5) is 12.5. The van der Waals surface area contributed by atoms with Crippen molar-refractivity contribution >= 4 is 69.6 Å². The van der Waals surface area contributed by atoms with E-state index in [2.05, 4.69) is 0 Å². The highest BCUT2D eigenvalue weighted by Gasteiger charge is 2.30. The van der Waals surface area contributed by atoms with Crippen molar-refractivity contribution in [2.24, 2.45) is 5.73 Å². The molecule has 0 spiro atoms. The molecule has 1 heterocycles. The first kappa shape index (κ1) is 25.8. The van der Waals surface area contributed by atoms with E-state index in [1.807, 2.05) is 6.07 Å². The van der Waals surface area contributed by atoms with Crippen molar-refractivity contribution in [3.05, 3.63) is 81.3 Å². The van der Waals surface area contributed by atoms with Gasteiger partial charge < -0.3 is 24.8 Å². The molecule has 1 fully saturated rings. The number of carbonyl (C=O) groups excluding carboxylic acids is 1. The largest absolute Gasteiger partial charge is 0.755 e. The number of carbonyl (C=O) groups is 1. The van der Waals surface area contributed by atoms with Crippen LogP contribution in [0.25, 0.3) is 22.3 Å². The molecule has 1 aromatic heterocycles. The lowest BCUT2D eigenvalue weighted by Crippen LogP contribution is -2.32. The van der Waals surface area contributed by atoms with Crippen LogP contribution < -0.4 is 15.5 Å². The van der Waals surface area contributed by atoms with E-state index in [0.717, 1.165) is 22.7 Å². The summed E-state index contributed by atoms with van der Waals surface area (Å²) in [5.74, 6) is -0.111. The van der Waals surface area contributed by atoms with Crippen molar-refractivity contribution in [1.29, 1.82) is 0 Å². The first-order valence-corrected chi connectivity index (χ1v) is 13.1. The van der Waals surface area contributed by atoms with Crippen LogP contribution in [0.3, 0.4) is 0 Å². The van der Waals surface area contributed by atoms with Crippen LogP contribution in [-0.4, -0.2) is 31.8 Å². The molecule has 1 amide bonds. The summed E-state index contributed by atoms with van der Waals surface area (Å²) < 4.78 is 31.7. The molecule has 4 N–H and O–H groups in total. The van der Waals surface area contributed by atoms with Crippen LogP contribution in [0.1, 0.15) is 40.2 Å². The summed E-state index contributed by atoms with van der Waals surface area (Å²) in [6.07, 6.45) is 1.86. The summed E-state index contributed by atoms with van der Waals surface area (Å²) >= 11 is 9.49. The molecule has 0 bridgehead atoms. The number of anilines is 1. The van der Waals surface area contributed by atoms with E-state index in [1.165, 1.54) is 18.2 Å². The third-order valence-electron chi connectivity index (χ3n) is 6.36. The van der Waals surface area contributed by atoms with Crippen molar-refractivity contribution < 1.29 is 28.0 Å². The Bertz CT molecular complexity index is 1540. The number of primary amides is 1. The number of amides is 1. The molecular weight excluding hydrogens is 538 g/mol. The quantitative estimate of drug-likeness (QED) is 0.222. The van der Waals surface area contributed by atoms with Crippen LogP contribution in [0.5, 0.6) is 0 Å². The number of nitrogens with two attached hydrogens (primary N) is 1. The first-order chi connectivity index (χ1) is 17.6. The number of rotatable bonds is 8.